The van der Waals surface area contributed by atoms with Gasteiger partial charge in [-0.05, 0) is 30.3 Å². The fourth-order valence-corrected chi connectivity index (χ4v) is 1.46. The number of halogens is 1. The van der Waals surface area contributed by atoms with Crippen LogP contribution in [-0.4, -0.2) is 9.97 Å². The molecule has 0 amide bonds. The maximum absolute atomic E-state index is 13.3. The van der Waals surface area contributed by atoms with Gasteiger partial charge in [0.2, 0.25) is 5.95 Å². The Morgan fingerprint density at radius 3 is 2.50 bits per heavy atom. The predicted octanol–water partition coefficient (Wildman–Crippen LogP) is 3.67. The van der Waals surface area contributed by atoms with E-state index in [2.05, 4.69) is 20.5 Å². The minimum Gasteiger partial charge on any atom is -0.368 e. The van der Waals surface area contributed by atoms with Gasteiger partial charge in [-0.25, -0.2) is 9.37 Å². The number of anilines is 3. The van der Waals surface area contributed by atoms with Crippen LogP contribution in [0.15, 0.2) is 29.4 Å². The lowest BCUT2D eigenvalue weighted by atomic mass is 10.2. The maximum atomic E-state index is 13.3. The number of aryl methyl sites for hydroxylation is 1. The summed E-state index contributed by atoms with van der Waals surface area (Å²) in [5.74, 6) is -0.121. The molecule has 2 rings (SSSR count). The third-order valence-electron chi connectivity index (χ3n) is 2.19. The molecule has 0 saturated heterocycles. The smallest absolute Gasteiger partial charge is 0.222 e. The molecule has 0 unspecified atom stereocenters. The molecule has 1 aromatic heterocycles. The fourth-order valence-electron chi connectivity index (χ4n) is 1.46. The molecular weight excluding hydrogens is 261 g/mol. The van der Waals surface area contributed by atoms with Crippen LogP contribution in [0.4, 0.5) is 27.5 Å². The van der Waals surface area contributed by atoms with E-state index in [0.29, 0.717) is 17.2 Å². The number of aromatic nitrogens is 2. The zero-order chi connectivity index (χ0) is 15.1. The summed E-state index contributed by atoms with van der Waals surface area (Å²) in [6, 6.07) is 5.63. The van der Waals surface area contributed by atoms with Crippen molar-refractivity contribution >= 4 is 23.1 Å². The highest BCUT2D eigenvalue weighted by molar-refractivity contribution is 5.60. The molecule has 0 aliphatic rings. The second-order valence-corrected chi connectivity index (χ2v) is 3.64. The second kappa shape index (κ2) is 7.13. The van der Waals surface area contributed by atoms with Crippen LogP contribution in [0.25, 0.3) is 0 Å². The summed E-state index contributed by atoms with van der Waals surface area (Å²) in [5, 5.41) is 5.41. The van der Waals surface area contributed by atoms with E-state index in [9.17, 15) is 9.30 Å². The van der Waals surface area contributed by atoms with Crippen LogP contribution in [0.1, 0.15) is 19.5 Å². The number of rotatable bonds is 3. The molecule has 0 fully saturated rings. The van der Waals surface area contributed by atoms with Crippen LogP contribution in [0.3, 0.4) is 0 Å². The Balaban J connectivity index is 0.000000956. The standard InChI is InChI=1S/C11H10FN5O.C2H6/c1-6-4-10(16-11(13)14-6)15-7-2-3-9(17-18)8(12)5-7;1-2/h2-5H,1H3,(H3,13,14,15,16);1-2H3. The summed E-state index contributed by atoms with van der Waals surface area (Å²) in [5.41, 5.74) is 6.39. The Bertz CT molecular complexity index is 583. The zero-order valence-corrected chi connectivity index (χ0v) is 11.5. The average molecular weight is 277 g/mol. The first kappa shape index (κ1) is 15.5. The van der Waals surface area contributed by atoms with Crippen molar-refractivity contribution < 1.29 is 4.39 Å². The largest absolute Gasteiger partial charge is 0.368 e. The molecule has 7 heteroatoms. The molecule has 0 aliphatic carbocycles. The zero-order valence-electron chi connectivity index (χ0n) is 11.5. The van der Waals surface area contributed by atoms with E-state index >= 15 is 0 Å². The Labute approximate surface area is 116 Å². The Kier molecular flexibility index (Phi) is 5.52. The van der Waals surface area contributed by atoms with E-state index in [-0.39, 0.29) is 11.6 Å². The van der Waals surface area contributed by atoms with Crippen molar-refractivity contribution in [1.29, 1.82) is 0 Å². The van der Waals surface area contributed by atoms with E-state index in [1.165, 1.54) is 12.1 Å². The highest BCUT2D eigenvalue weighted by Crippen LogP contribution is 2.23. The molecule has 0 saturated carbocycles. The molecule has 2 aromatic rings. The quantitative estimate of drug-likeness (QED) is 0.835. The minimum absolute atomic E-state index is 0.129. The number of nitrogens with one attached hydrogen (secondary N) is 1. The lowest BCUT2D eigenvalue weighted by Gasteiger charge is -2.07. The summed E-state index contributed by atoms with van der Waals surface area (Å²) in [4.78, 5) is 18.1. The molecule has 0 atom stereocenters. The lowest BCUT2D eigenvalue weighted by molar-refractivity contribution is 0.630. The average Bonchev–Trinajstić information content (AvgIpc) is 2.40. The minimum atomic E-state index is -0.700. The van der Waals surface area contributed by atoms with Gasteiger partial charge in [-0.3, -0.25) is 0 Å². The lowest BCUT2D eigenvalue weighted by Crippen LogP contribution is -2.01. The molecule has 106 valence electrons. The molecule has 3 N–H and O–H groups in total. The molecule has 0 bridgehead atoms. The van der Waals surface area contributed by atoms with Crippen molar-refractivity contribution in [2.24, 2.45) is 5.18 Å². The molecular formula is C13H16FN5O. The maximum Gasteiger partial charge on any atom is 0.222 e. The summed E-state index contributed by atoms with van der Waals surface area (Å²) in [7, 11) is 0. The predicted molar refractivity (Wildman–Crippen MR) is 77.7 cm³/mol. The van der Waals surface area contributed by atoms with Crippen LogP contribution < -0.4 is 11.1 Å². The number of hydrogen-bond acceptors (Lipinski definition) is 6. The van der Waals surface area contributed by atoms with Crippen LogP contribution in [-0.2, 0) is 0 Å². The van der Waals surface area contributed by atoms with Gasteiger partial charge >= 0.3 is 0 Å². The van der Waals surface area contributed by atoms with Crippen LogP contribution in [0.2, 0.25) is 0 Å². The van der Waals surface area contributed by atoms with Crippen LogP contribution >= 0.6 is 0 Å². The first-order chi connectivity index (χ1) is 9.58. The van der Waals surface area contributed by atoms with Gasteiger partial charge in [-0.1, -0.05) is 13.8 Å². The van der Waals surface area contributed by atoms with Gasteiger partial charge in [0.15, 0.2) is 5.82 Å². The van der Waals surface area contributed by atoms with Crippen molar-refractivity contribution in [3.63, 3.8) is 0 Å². The van der Waals surface area contributed by atoms with Crippen molar-refractivity contribution in [2.45, 2.75) is 20.8 Å². The topological polar surface area (TPSA) is 93.3 Å². The molecule has 20 heavy (non-hydrogen) atoms. The summed E-state index contributed by atoms with van der Waals surface area (Å²) in [6.45, 7) is 5.77. The third kappa shape index (κ3) is 3.98. The van der Waals surface area contributed by atoms with Crippen LogP contribution in [0.5, 0.6) is 0 Å². The van der Waals surface area contributed by atoms with Crippen molar-refractivity contribution in [3.05, 3.63) is 40.7 Å². The molecule has 0 radical (unpaired) electrons. The van der Waals surface area contributed by atoms with Gasteiger partial charge in [0, 0.05) is 17.4 Å². The Morgan fingerprint density at radius 2 is 1.95 bits per heavy atom. The van der Waals surface area contributed by atoms with E-state index in [0.717, 1.165) is 6.07 Å². The van der Waals surface area contributed by atoms with E-state index < -0.39 is 5.82 Å². The van der Waals surface area contributed by atoms with E-state index in [1.54, 1.807) is 13.0 Å². The second-order valence-electron chi connectivity index (χ2n) is 3.64. The highest BCUT2D eigenvalue weighted by Gasteiger charge is 2.05. The van der Waals surface area contributed by atoms with E-state index in [4.69, 9.17) is 5.73 Å². The third-order valence-corrected chi connectivity index (χ3v) is 2.19. The molecule has 0 spiro atoms. The fraction of sp³-hybridized carbons (Fsp3) is 0.231. The molecule has 1 aromatic carbocycles. The summed E-state index contributed by atoms with van der Waals surface area (Å²) < 4.78 is 13.3. The SMILES string of the molecule is CC.Cc1cc(Nc2ccc(N=O)c(F)c2)nc(N)n1. The van der Waals surface area contributed by atoms with Gasteiger partial charge in [0.1, 0.15) is 11.5 Å². The van der Waals surface area contributed by atoms with E-state index in [1.807, 2.05) is 13.8 Å². The van der Waals surface area contributed by atoms with Gasteiger partial charge in [0.05, 0.1) is 0 Å². The highest BCUT2D eigenvalue weighted by atomic mass is 19.1. The first-order valence-electron chi connectivity index (χ1n) is 6.09. The van der Waals surface area contributed by atoms with Crippen molar-refractivity contribution in [1.82, 2.24) is 9.97 Å². The Hall–Kier alpha value is -2.57. The van der Waals surface area contributed by atoms with Gasteiger partial charge < -0.3 is 11.1 Å². The number of hydrogen-bond donors (Lipinski definition) is 2. The monoisotopic (exact) mass is 277 g/mol. The Morgan fingerprint density at radius 1 is 1.25 bits per heavy atom. The van der Waals surface area contributed by atoms with Gasteiger partial charge in [-0.15, -0.1) is 4.91 Å². The molecule has 6 nitrogen and oxygen atoms in total. The van der Waals surface area contributed by atoms with Crippen LogP contribution in [0, 0.1) is 17.6 Å². The number of nitrogen functional groups attached to an aromatic ring is 1. The summed E-state index contributed by atoms with van der Waals surface area (Å²) in [6.07, 6.45) is 0. The van der Waals surface area contributed by atoms with Crippen molar-refractivity contribution in [2.75, 3.05) is 11.1 Å². The van der Waals surface area contributed by atoms with Gasteiger partial charge in [-0.2, -0.15) is 4.98 Å². The van der Waals surface area contributed by atoms with Gasteiger partial charge in [0.25, 0.3) is 0 Å². The summed E-state index contributed by atoms with van der Waals surface area (Å²) >= 11 is 0. The number of nitroso groups, excluding NO2 is 1. The molecule has 1 heterocycles. The number of nitrogens with zero attached hydrogens (tertiary/aromatic N) is 3. The molecule has 0 aliphatic heterocycles. The number of benzene rings is 1. The van der Waals surface area contributed by atoms with Crippen molar-refractivity contribution in [3.8, 4) is 0 Å². The normalized spacial score (nSPS) is 9.40. The first-order valence-corrected chi connectivity index (χ1v) is 6.09. The number of nitrogens with two attached hydrogens (primary N) is 1.